The third-order valence-electron chi connectivity index (χ3n) is 6.17. The van der Waals surface area contributed by atoms with Crippen LogP contribution in [0.15, 0.2) is 36.4 Å². The van der Waals surface area contributed by atoms with Crippen LogP contribution in [0.3, 0.4) is 0 Å². The number of carbonyl (C=O) groups is 2. The number of carbonyl (C=O) groups excluding carboxylic acids is 1. The number of likely N-dealkylation sites (tertiary alicyclic amines) is 1. The molecule has 34 heavy (non-hydrogen) atoms. The number of alkyl halides is 2. The number of carboxylic acid groups (broad SMARTS) is 1. The van der Waals surface area contributed by atoms with E-state index >= 15 is 0 Å². The zero-order valence-electron chi connectivity index (χ0n) is 20.1. The van der Waals surface area contributed by atoms with Crippen LogP contribution in [0.5, 0.6) is 5.88 Å². The number of benzene rings is 1. The van der Waals surface area contributed by atoms with Gasteiger partial charge in [-0.05, 0) is 49.9 Å². The highest BCUT2D eigenvalue weighted by Crippen LogP contribution is 2.41. The largest absolute Gasteiger partial charge is 0.481 e. The molecule has 0 unspecified atom stereocenters. The summed E-state index contributed by atoms with van der Waals surface area (Å²) in [5.74, 6) is -1.51. The van der Waals surface area contributed by atoms with E-state index in [4.69, 9.17) is 0 Å². The minimum atomic E-state index is -3.09. The number of amides is 1. The summed E-state index contributed by atoms with van der Waals surface area (Å²) >= 11 is 0. The summed E-state index contributed by atoms with van der Waals surface area (Å²) < 4.78 is 30.4. The van der Waals surface area contributed by atoms with Crippen molar-refractivity contribution < 1.29 is 28.2 Å². The quantitative estimate of drug-likeness (QED) is 0.558. The van der Waals surface area contributed by atoms with Crippen molar-refractivity contribution in [2.24, 2.45) is 5.41 Å². The maximum atomic E-state index is 13.7. The van der Waals surface area contributed by atoms with Gasteiger partial charge in [0, 0.05) is 25.3 Å². The molecular formula is C25H31F2N3O4. The van der Waals surface area contributed by atoms with Gasteiger partial charge in [-0.1, -0.05) is 38.1 Å². The maximum absolute atomic E-state index is 13.7. The molecular weight excluding hydrogens is 444 g/mol. The van der Waals surface area contributed by atoms with Crippen molar-refractivity contribution in [3.05, 3.63) is 53.2 Å². The van der Waals surface area contributed by atoms with Gasteiger partial charge < -0.3 is 15.2 Å². The zero-order chi connectivity index (χ0) is 25.3. The van der Waals surface area contributed by atoms with Crippen molar-refractivity contribution in [3.63, 3.8) is 0 Å². The maximum Gasteiger partial charge on any atom is 0.388 e. The Morgan fingerprint density at radius 3 is 2.44 bits per heavy atom. The molecule has 0 bridgehead atoms. The van der Waals surface area contributed by atoms with Gasteiger partial charge in [0.15, 0.2) is 0 Å². The van der Waals surface area contributed by atoms with E-state index < -0.39 is 23.4 Å². The topological polar surface area (TPSA) is 91.8 Å². The molecule has 0 saturated carbocycles. The molecule has 1 fully saturated rings. The molecule has 9 heteroatoms. The third-order valence-corrected chi connectivity index (χ3v) is 6.17. The number of aliphatic carboxylic acids is 1. The minimum Gasteiger partial charge on any atom is -0.481 e. The summed E-state index contributed by atoms with van der Waals surface area (Å²) in [6.07, 6.45) is 0. The van der Waals surface area contributed by atoms with Crippen LogP contribution in [0, 0.1) is 12.3 Å². The van der Waals surface area contributed by atoms with E-state index in [1.54, 1.807) is 26.8 Å². The van der Waals surface area contributed by atoms with Crippen LogP contribution < -0.4 is 10.1 Å². The van der Waals surface area contributed by atoms with E-state index in [1.165, 1.54) is 6.07 Å². The smallest absolute Gasteiger partial charge is 0.388 e. The Bertz CT molecular complexity index is 1070. The van der Waals surface area contributed by atoms with E-state index in [-0.39, 0.29) is 29.9 Å². The highest BCUT2D eigenvalue weighted by atomic mass is 19.3. The fourth-order valence-corrected chi connectivity index (χ4v) is 4.37. The summed E-state index contributed by atoms with van der Waals surface area (Å²) in [5, 5.41) is 12.3. The van der Waals surface area contributed by atoms with Gasteiger partial charge in [-0.3, -0.25) is 14.5 Å². The molecule has 7 nitrogen and oxygen atoms in total. The number of hydrogen-bond donors (Lipinski definition) is 2. The number of aromatic nitrogens is 1. The lowest BCUT2D eigenvalue weighted by Gasteiger charge is -2.51. The summed E-state index contributed by atoms with van der Waals surface area (Å²) in [6, 6.07) is 10.7. The highest BCUT2D eigenvalue weighted by Gasteiger charge is 2.53. The SMILES string of the molecule is Cc1ccc(NC(=O)C2(c3ccccc3C(C)C)CN(CC(C)(C)C(=O)O)C2)c(OC(F)F)n1. The number of ether oxygens (including phenoxy) is 1. The van der Waals surface area contributed by atoms with Crippen molar-refractivity contribution in [1.29, 1.82) is 0 Å². The fraction of sp³-hybridized carbons (Fsp3) is 0.480. The normalized spacial score (nSPS) is 15.8. The molecule has 3 rings (SSSR count). The molecule has 1 aliphatic heterocycles. The Kier molecular flexibility index (Phi) is 7.26. The molecule has 1 amide bonds. The van der Waals surface area contributed by atoms with Crippen LogP contribution in [-0.2, 0) is 15.0 Å². The summed E-state index contributed by atoms with van der Waals surface area (Å²) in [6.45, 7) is 6.77. The second kappa shape index (κ2) is 9.66. The van der Waals surface area contributed by atoms with Gasteiger partial charge in [-0.25, -0.2) is 4.98 Å². The Balaban J connectivity index is 1.97. The van der Waals surface area contributed by atoms with E-state index in [2.05, 4.69) is 15.0 Å². The lowest BCUT2D eigenvalue weighted by molar-refractivity contribution is -0.149. The molecule has 1 aliphatic rings. The lowest BCUT2D eigenvalue weighted by atomic mass is 9.69. The van der Waals surface area contributed by atoms with E-state index in [1.807, 2.05) is 43.0 Å². The first-order valence-electron chi connectivity index (χ1n) is 11.1. The van der Waals surface area contributed by atoms with Gasteiger partial charge in [0.05, 0.1) is 10.8 Å². The van der Waals surface area contributed by atoms with Crippen LogP contribution in [-0.4, -0.2) is 53.1 Å². The number of hydrogen-bond acceptors (Lipinski definition) is 5. The van der Waals surface area contributed by atoms with Gasteiger partial charge in [0.1, 0.15) is 5.69 Å². The van der Waals surface area contributed by atoms with Gasteiger partial charge >= 0.3 is 12.6 Å². The van der Waals surface area contributed by atoms with Crippen LogP contribution in [0.2, 0.25) is 0 Å². The second-order valence-electron chi connectivity index (χ2n) is 9.80. The predicted octanol–water partition coefficient (Wildman–Crippen LogP) is 4.42. The van der Waals surface area contributed by atoms with Crippen molar-refractivity contribution in [2.75, 3.05) is 25.0 Å². The molecule has 0 aliphatic carbocycles. The molecule has 184 valence electrons. The van der Waals surface area contributed by atoms with Gasteiger partial charge in [0.25, 0.3) is 0 Å². The Morgan fingerprint density at radius 1 is 1.21 bits per heavy atom. The summed E-state index contributed by atoms with van der Waals surface area (Å²) in [4.78, 5) is 31.3. The monoisotopic (exact) mass is 475 g/mol. The van der Waals surface area contributed by atoms with E-state index in [0.717, 1.165) is 11.1 Å². The molecule has 0 radical (unpaired) electrons. The number of nitrogens with one attached hydrogen (secondary N) is 1. The highest BCUT2D eigenvalue weighted by molar-refractivity contribution is 6.01. The second-order valence-corrected chi connectivity index (χ2v) is 9.80. The minimum absolute atomic E-state index is 0.0571. The first-order valence-corrected chi connectivity index (χ1v) is 11.1. The fourth-order valence-electron chi connectivity index (χ4n) is 4.37. The number of halogens is 2. The van der Waals surface area contributed by atoms with E-state index in [9.17, 15) is 23.5 Å². The van der Waals surface area contributed by atoms with Crippen molar-refractivity contribution in [3.8, 4) is 5.88 Å². The molecule has 2 heterocycles. The number of aryl methyl sites for hydroxylation is 1. The molecule has 1 saturated heterocycles. The van der Waals surface area contributed by atoms with Crippen LogP contribution in [0.1, 0.15) is 50.4 Å². The van der Waals surface area contributed by atoms with Crippen molar-refractivity contribution >= 4 is 17.6 Å². The average molecular weight is 476 g/mol. The van der Waals surface area contributed by atoms with Crippen LogP contribution >= 0.6 is 0 Å². The molecule has 1 aromatic heterocycles. The van der Waals surface area contributed by atoms with Gasteiger partial charge in [-0.2, -0.15) is 8.78 Å². The number of pyridine rings is 1. The standard InChI is InChI=1S/C25H31F2N3O4/c1-15(2)17-8-6-7-9-18(17)25(13-30(14-25)12-24(4,5)22(32)33)21(31)29-19-11-10-16(3)28-20(19)34-23(26)27/h6-11,15,23H,12-14H2,1-5H3,(H,29,31)(H,32,33). The molecule has 1 aromatic carbocycles. The Hall–Kier alpha value is -3.07. The third kappa shape index (κ3) is 5.19. The molecule has 0 spiro atoms. The van der Waals surface area contributed by atoms with Crippen molar-refractivity contribution in [2.45, 2.75) is 52.6 Å². The molecule has 2 N–H and O–H groups in total. The molecule has 2 aromatic rings. The Labute approximate surface area is 198 Å². The average Bonchev–Trinajstić information content (AvgIpc) is 2.71. The number of rotatable bonds is 9. The first kappa shape index (κ1) is 25.6. The zero-order valence-corrected chi connectivity index (χ0v) is 20.1. The van der Waals surface area contributed by atoms with Gasteiger partial charge in [-0.15, -0.1) is 0 Å². The summed E-state index contributed by atoms with van der Waals surface area (Å²) in [7, 11) is 0. The lowest BCUT2D eigenvalue weighted by Crippen LogP contribution is -2.66. The number of carboxylic acids is 1. The van der Waals surface area contributed by atoms with Crippen molar-refractivity contribution in [1.82, 2.24) is 9.88 Å². The van der Waals surface area contributed by atoms with Crippen LogP contribution in [0.4, 0.5) is 14.5 Å². The van der Waals surface area contributed by atoms with E-state index in [0.29, 0.717) is 18.8 Å². The number of nitrogens with zero attached hydrogens (tertiary/aromatic N) is 2. The van der Waals surface area contributed by atoms with Crippen LogP contribution in [0.25, 0.3) is 0 Å². The summed E-state index contributed by atoms with van der Waals surface area (Å²) in [5.41, 5.74) is 0.395. The number of anilines is 1. The van der Waals surface area contributed by atoms with Gasteiger partial charge in [0.2, 0.25) is 11.8 Å². The predicted molar refractivity (Wildman–Crippen MR) is 124 cm³/mol. The first-order chi connectivity index (χ1) is 15.9. The Morgan fingerprint density at radius 2 is 1.85 bits per heavy atom. The molecule has 0 atom stereocenters.